The maximum atomic E-state index is 10.6. The van der Waals surface area contributed by atoms with Crippen LogP contribution in [0.15, 0.2) is 10.7 Å². The Kier molecular flexibility index (Phi) is 3.05. The van der Waals surface area contributed by atoms with Crippen molar-refractivity contribution in [3.8, 4) is 0 Å². The summed E-state index contributed by atoms with van der Waals surface area (Å²) in [5.41, 5.74) is 0.784. The van der Waals surface area contributed by atoms with Crippen molar-refractivity contribution in [3.63, 3.8) is 0 Å². The fourth-order valence-electron chi connectivity index (χ4n) is 0.735. The van der Waals surface area contributed by atoms with Crippen molar-refractivity contribution >= 4 is 10.1 Å². The molecule has 0 unspecified atom stereocenters. The van der Waals surface area contributed by atoms with Gasteiger partial charge in [-0.2, -0.15) is 8.42 Å². The number of aromatic nitrogens is 1. The molecule has 0 spiro atoms. The van der Waals surface area contributed by atoms with Gasteiger partial charge in [-0.05, 0) is 6.42 Å². The van der Waals surface area contributed by atoms with Crippen molar-refractivity contribution in [1.82, 2.24) is 4.98 Å². The molecule has 0 atom stereocenters. The average Bonchev–Trinajstić information content (AvgIpc) is 2.47. The van der Waals surface area contributed by atoms with Gasteiger partial charge in [-0.1, -0.05) is 6.92 Å². The molecule has 1 heterocycles. The van der Waals surface area contributed by atoms with Crippen LogP contribution in [0.25, 0.3) is 0 Å². The SMILES string of the molecule is CCc1coc(COS(C)(=O)=O)n1. The molecule has 0 aliphatic carbocycles. The van der Waals surface area contributed by atoms with E-state index in [1.807, 2.05) is 6.92 Å². The molecule has 1 rings (SSSR count). The minimum absolute atomic E-state index is 0.140. The van der Waals surface area contributed by atoms with Crippen molar-refractivity contribution in [2.75, 3.05) is 6.26 Å². The first kappa shape index (κ1) is 10.2. The molecule has 6 heteroatoms. The largest absolute Gasteiger partial charge is 0.446 e. The van der Waals surface area contributed by atoms with E-state index in [2.05, 4.69) is 9.17 Å². The third-order valence-electron chi connectivity index (χ3n) is 1.36. The van der Waals surface area contributed by atoms with Gasteiger partial charge in [-0.25, -0.2) is 4.98 Å². The Hall–Kier alpha value is -0.880. The molecule has 74 valence electrons. The van der Waals surface area contributed by atoms with Crippen LogP contribution in [-0.4, -0.2) is 19.7 Å². The summed E-state index contributed by atoms with van der Waals surface area (Å²) >= 11 is 0. The summed E-state index contributed by atoms with van der Waals surface area (Å²) in [6.07, 6.45) is 3.22. The van der Waals surface area contributed by atoms with Gasteiger partial charge in [-0.15, -0.1) is 0 Å². The monoisotopic (exact) mass is 205 g/mol. The van der Waals surface area contributed by atoms with Gasteiger partial charge in [-0.3, -0.25) is 4.18 Å². The molecule has 0 aliphatic rings. The second-order valence-electron chi connectivity index (χ2n) is 2.55. The van der Waals surface area contributed by atoms with Crippen molar-refractivity contribution in [2.45, 2.75) is 20.0 Å². The second kappa shape index (κ2) is 3.89. The van der Waals surface area contributed by atoms with Crippen molar-refractivity contribution in [1.29, 1.82) is 0 Å². The Labute approximate surface area is 76.9 Å². The Morgan fingerprint density at radius 3 is 2.77 bits per heavy atom. The van der Waals surface area contributed by atoms with E-state index >= 15 is 0 Å². The lowest BCUT2D eigenvalue weighted by molar-refractivity contribution is 0.270. The number of hydrogen-bond acceptors (Lipinski definition) is 5. The third kappa shape index (κ3) is 3.56. The molecule has 5 nitrogen and oxygen atoms in total. The molecule has 0 amide bonds. The molecule has 0 radical (unpaired) electrons. The van der Waals surface area contributed by atoms with E-state index in [4.69, 9.17) is 4.42 Å². The highest BCUT2D eigenvalue weighted by Gasteiger charge is 2.07. The van der Waals surface area contributed by atoms with Crippen molar-refractivity contribution in [2.24, 2.45) is 0 Å². The average molecular weight is 205 g/mol. The predicted octanol–water partition coefficient (Wildman–Crippen LogP) is 0.713. The van der Waals surface area contributed by atoms with Gasteiger partial charge in [0.1, 0.15) is 12.9 Å². The molecule has 0 saturated carbocycles. The molecule has 0 bridgehead atoms. The van der Waals surface area contributed by atoms with E-state index in [9.17, 15) is 8.42 Å². The molecule has 1 aromatic rings. The summed E-state index contributed by atoms with van der Waals surface area (Å²) in [7, 11) is -3.42. The van der Waals surface area contributed by atoms with Crippen LogP contribution in [-0.2, 0) is 27.3 Å². The quantitative estimate of drug-likeness (QED) is 0.677. The predicted molar refractivity (Wildman–Crippen MR) is 45.5 cm³/mol. The highest BCUT2D eigenvalue weighted by Crippen LogP contribution is 2.05. The van der Waals surface area contributed by atoms with E-state index in [-0.39, 0.29) is 12.5 Å². The van der Waals surface area contributed by atoms with Crippen LogP contribution in [0.1, 0.15) is 18.5 Å². The highest BCUT2D eigenvalue weighted by atomic mass is 32.2. The fourth-order valence-corrected chi connectivity index (χ4v) is 1.05. The summed E-state index contributed by atoms with van der Waals surface area (Å²) in [5, 5.41) is 0. The van der Waals surface area contributed by atoms with Crippen LogP contribution in [0.2, 0.25) is 0 Å². The summed E-state index contributed by atoms with van der Waals surface area (Å²) in [4.78, 5) is 3.98. The zero-order valence-electron chi connectivity index (χ0n) is 7.48. The first-order valence-corrected chi connectivity index (χ1v) is 5.60. The van der Waals surface area contributed by atoms with Crippen LogP contribution in [0.3, 0.4) is 0 Å². The maximum Gasteiger partial charge on any atom is 0.264 e. The Balaban J connectivity index is 2.55. The van der Waals surface area contributed by atoms with Gasteiger partial charge in [0.2, 0.25) is 5.89 Å². The summed E-state index contributed by atoms with van der Waals surface area (Å²) in [5.74, 6) is 0.280. The lowest BCUT2D eigenvalue weighted by atomic mass is 10.4. The lowest BCUT2D eigenvalue weighted by Crippen LogP contribution is -2.02. The number of hydrogen-bond donors (Lipinski definition) is 0. The van der Waals surface area contributed by atoms with Gasteiger partial charge < -0.3 is 4.42 Å². The molecular formula is C7H11NO4S. The molecule has 13 heavy (non-hydrogen) atoms. The molecule has 0 aliphatic heterocycles. The lowest BCUT2D eigenvalue weighted by Gasteiger charge is -1.95. The molecule has 0 N–H and O–H groups in total. The maximum absolute atomic E-state index is 10.6. The van der Waals surface area contributed by atoms with E-state index in [1.165, 1.54) is 6.26 Å². The van der Waals surface area contributed by atoms with E-state index in [1.54, 1.807) is 0 Å². The molecule has 1 aromatic heterocycles. The van der Waals surface area contributed by atoms with Crippen LogP contribution < -0.4 is 0 Å². The van der Waals surface area contributed by atoms with Crippen LogP contribution in [0.5, 0.6) is 0 Å². The van der Waals surface area contributed by atoms with Crippen LogP contribution in [0.4, 0.5) is 0 Å². The smallest absolute Gasteiger partial charge is 0.264 e. The second-order valence-corrected chi connectivity index (χ2v) is 4.20. The number of oxazole rings is 1. The van der Waals surface area contributed by atoms with Gasteiger partial charge in [0, 0.05) is 0 Å². The van der Waals surface area contributed by atoms with Gasteiger partial charge in [0.25, 0.3) is 10.1 Å². The van der Waals surface area contributed by atoms with Gasteiger partial charge >= 0.3 is 0 Å². The first-order chi connectivity index (χ1) is 6.01. The normalized spacial score (nSPS) is 11.8. The summed E-state index contributed by atoms with van der Waals surface area (Å²) in [6.45, 7) is 1.79. The van der Waals surface area contributed by atoms with Crippen molar-refractivity contribution in [3.05, 3.63) is 17.8 Å². The van der Waals surface area contributed by atoms with Gasteiger partial charge in [0.05, 0.1) is 11.9 Å². The topological polar surface area (TPSA) is 69.4 Å². The zero-order chi connectivity index (χ0) is 9.90. The third-order valence-corrected chi connectivity index (χ3v) is 1.90. The van der Waals surface area contributed by atoms with Crippen LogP contribution >= 0.6 is 0 Å². The standard InChI is InChI=1S/C7H11NO4S/c1-3-6-4-11-7(8-6)5-12-13(2,9)10/h4H,3,5H2,1-2H3. The zero-order valence-corrected chi connectivity index (χ0v) is 8.30. The molecule has 0 aromatic carbocycles. The summed E-state index contributed by atoms with van der Waals surface area (Å²) < 4.78 is 30.6. The van der Waals surface area contributed by atoms with Crippen LogP contribution in [0, 0.1) is 0 Å². The Bertz CT molecular complexity index is 368. The number of aryl methyl sites for hydroxylation is 1. The minimum Gasteiger partial charge on any atom is -0.446 e. The molecule has 0 fully saturated rings. The molecular weight excluding hydrogens is 194 g/mol. The highest BCUT2D eigenvalue weighted by molar-refractivity contribution is 7.85. The van der Waals surface area contributed by atoms with Crippen molar-refractivity contribution < 1.29 is 17.0 Å². The number of nitrogens with zero attached hydrogens (tertiary/aromatic N) is 1. The number of rotatable bonds is 4. The van der Waals surface area contributed by atoms with E-state index in [0.717, 1.165) is 18.4 Å². The minimum atomic E-state index is -3.42. The van der Waals surface area contributed by atoms with E-state index < -0.39 is 10.1 Å². The Morgan fingerprint density at radius 1 is 1.62 bits per heavy atom. The summed E-state index contributed by atoms with van der Waals surface area (Å²) in [6, 6.07) is 0. The molecule has 0 saturated heterocycles. The van der Waals surface area contributed by atoms with E-state index in [0.29, 0.717) is 0 Å². The Morgan fingerprint density at radius 2 is 2.31 bits per heavy atom. The first-order valence-electron chi connectivity index (χ1n) is 3.79. The fraction of sp³-hybridized carbons (Fsp3) is 0.571. The van der Waals surface area contributed by atoms with Gasteiger partial charge in [0.15, 0.2) is 0 Å².